The normalized spacial score (nSPS) is 17.2. The second-order valence-corrected chi connectivity index (χ2v) is 13.5. The van der Waals surface area contributed by atoms with E-state index in [1.807, 2.05) is 68.6 Å². The van der Waals surface area contributed by atoms with Crippen molar-refractivity contribution in [3.05, 3.63) is 108 Å². The maximum atomic E-state index is 13.8. The molecule has 4 aromatic carbocycles. The molecule has 0 radical (unpaired) electrons. The van der Waals surface area contributed by atoms with Crippen molar-refractivity contribution in [3.8, 4) is 23.0 Å². The van der Waals surface area contributed by atoms with Gasteiger partial charge >= 0.3 is 0 Å². The van der Waals surface area contributed by atoms with Gasteiger partial charge in [-0.25, -0.2) is 8.42 Å². The number of nitrogens with zero attached hydrogens (tertiary/aromatic N) is 2. The Kier molecular flexibility index (Phi) is 10.7. The second-order valence-electron chi connectivity index (χ2n) is 11.8. The third-order valence-electron chi connectivity index (χ3n) is 8.15. The molecule has 11 heteroatoms. The van der Waals surface area contributed by atoms with Crippen LogP contribution < -0.4 is 18.9 Å². The maximum Gasteiger partial charge on any atom is 0.262 e. The van der Waals surface area contributed by atoms with Crippen LogP contribution in [0.3, 0.4) is 0 Å². The number of hydrogen-bond acceptors (Lipinski definition) is 8. The van der Waals surface area contributed by atoms with Crippen LogP contribution in [0.25, 0.3) is 0 Å². The Labute approximate surface area is 276 Å². The average molecular weight is 660 g/mol. The van der Waals surface area contributed by atoms with Crippen molar-refractivity contribution in [1.29, 1.82) is 0 Å². The SMILES string of the molecule is COc1ccc(S(=O)(=O)Nc2cccc3c2O[C@H](CN(C)Cc2ccc(Oc4ccccc4)cc2)[C@@H](C)CN([C@H](C)CO)C3=O)cc1. The number of benzene rings is 4. The molecule has 4 aromatic rings. The lowest BCUT2D eigenvalue weighted by Gasteiger charge is -2.38. The molecule has 1 aliphatic heterocycles. The summed E-state index contributed by atoms with van der Waals surface area (Å²) in [6.45, 7) is 5.02. The van der Waals surface area contributed by atoms with Gasteiger partial charge in [0.25, 0.3) is 15.9 Å². The standard InChI is InChI=1S/C36H41N3O7S/c1-25-21-39(26(2)24-40)36(41)32-11-8-12-33(37-47(42,43)31-19-17-28(44-4)18-20-31)35(32)46-34(25)23-38(3)22-27-13-15-30(16-14-27)45-29-9-6-5-7-10-29/h5-20,25-26,34,37,40H,21-24H2,1-4H3/t25-,26+,34+/m0/s1. The first kappa shape index (κ1) is 33.8. The van der Waals surface area contributed by atoms with Gasteiger partial charge in [0.05, 0.1) is 35.9 Å². The van der Waals surface area contributed by atoms with Crippen molar-refractivity contribution in [2.45, 2.75) is 37.4 Å². The van der Waals surface area contributed by atoms with Crippen LogP contribution in [0.4, 0.5) is 5.69 Å². The van der Waals surface area contributed by atoms with Gasteiger partial charge in [-0.1, -0.05) is 43.3 Å². The summed E-state index contributed by atoms with van der Waals surface area (Å²) in [5.74, 6) is 1.68. The molecule has 3 atom stereocenters. The number of methoxy groups -OCH3 is 1. The number of likely N-dealkylation sites (N-methyl/N-ethyl adjacent to an activating group) is 1. The molecule has 0 unspecified atom stereocenters. The number of sulfonamides is 1. The van der Waals surface area contributed by atoms with Gasteiger partial charge in [0, 0.05) is 25.6 Å². The van der Waals surface area contributed by atoms with Crippen molar-refractivity contribution in [2.75, 3.05) is 38.6 Å². The highest BCUT2D eigenvalue weighted by molar-refractivity contribution is 7.92. The summed E-state index contributed by atoms with van der Waals surface area (Å²) in [6, 6.07) is 27.9. The number of anilines is 1. The highest BCUT2D eigenvalue weighted by Gasteiger charge is 2.35. The van der Waals surface area contributed by atoms with Crippen LogP contribution in [-0.4, -0.2) is 75.2 Å². The molecule has 47 heavy (non-hydrogen) atoms. The van der Waals surface area contributed by atoms with Crippen molar-refractivity contribution < 1.29 is 32.5 Å². The number of aliphatic hydroxyl groups is 1. The van der Waals surface area contributed by atoms with E-state index in [1.165, 1.54) is 19.2 Å². The summed E-state index contributed by atoms with van der Waals surface area (Å²) in [6.07, 6.45) is -0.424. The van der Waals surface area contributed by atoms with E-state index in [-0.39, 0.29) is 40.3 Å². The van der Waals surface area contributed by atoms with Gasteiger partial charge in [-0.2, -0.15) is 0 Å². The van der Waals surface area contributed by atoms with E-state index in [0.717, 1.165) is 17.1 Å². The van der Waals surface area contributed by atoms with E-state index in [0.29, 0.717) is 25.4 Å². The first-order chi connectivity index (χ1) is 22.6. The summed E-state index contributed by atoms with van der Waals surface area (Å²) in [7, 11) is -0.541. The molecular formula is C36H41N3O7S. The molecule has 1 aliphatic rings. The van der Waals surface area contributed by atoms with E-state index in [2.05, 4.69) is 9.62 Å². The molecule has 1 heterocycles. The number of para-hydroxylation sites is 2. The zero-order valence-electron chi connectivity index (χ0n) is 27.0. The molecule has 1 amide bonds. The number of ether oxygens (including phenoxy) is 3. The Morgan fingerprint density at radius 2 is 1.62 bits per heavy atom. The lowest BCUT2D eigenvalue weighted by molar-refractivity contribution is 0.0344. The Morgan fingerprint density at radius 1 is 0.957 bits per heavy atom. The number of amides is 1. The van der Waals surface area contributed by atoms with Gasteiger partial charge in [0.2, 0.25) is 0 Å². The molecule has 248 valence electrons. The van der Waals surface area contributed by atoms with Crippen LogP contribution in [0.1, 0.15) is 29.8 Å². The lowest BCUT2D eigenvalue weighted by Crippen LogP contribution is -2.49. The molecule has 2 N–H and O–H groups in total. The van der Waals surface area contributed by atoms with E-state index in [4.69, 9.17) is 14.2 Å². The smallest absolute Gasteiger partial charge is 0.262 e. The van der Waals surface area contributed by atoms with Crippen LogP contribution in [0.5, 0.6) is 23.0 Å². The highest BCUT2D eigenvalue weighted by atomic mass is 32.2. The zero-order valence-corrected chi connectivity index (χ0v) is 27.8. The van der Waals surface area contributed by atoms with Crippen molar-refractivity contribution >= 4 is 21.6 Å². The van der Waals surface area contributed by atoms with Gasteiger partial charge in [-0.05, 0) is 80.2 Å². The quantitative estimate of drug-likeness (QED) is 0.201. The van der Waals surface area contributed by atoms with Crippen LogP contribution >= 0.6 is 0 Å². The Morgan fingerprint density at radius 3 is 2.28 bits per heavy atom. The monoisotopic (exact) mass is 659 g/mol. The number of hydrogen-bond donors (Lipinski definition) is 2. The number of carbonyl (C=O) groups is 1. The predicted molar refractivity (Wildman–Crippen MR) is 181 cm³/mol. The summed E-state index contributed by atoms with van der Waals surface area (Å²) < 4.78 is 47.2. The minimum atomic E-state index is -4.03. The third kappa shape index (κ3) is 8.23. The minimum Gasteiger partial charge on any atom is -0.497 e. The molecule has 0 saturated carbocycles. The number of aliphatic hydroxyl groups excluding tert-OH is 1. The minimum absolute atomic E-state index is 0.0356. The molecule has 0 aromatic heterocycles. The van der Waals surface area contributed by atoms with Crippen molar-refractivity contribution in [2.24, 2.45) is 5.92 Å². The highest BCUT2D eigenvalue weighted by Crippen LogP contribution is 2.36. The topological polar surface area (TPSA) is 118 Å². The first-order valence-corrected chi connectivity index (χ1v) is 16.9. The molecule has 0 saturated heterocycles. The van der Waals surface area contributed by atoms with E-state index in [1.54, 1.807) is 42.2 Å². The van der Waals surface area contributed by atoms with Crippen molar-refractivity contribution in [1.82, 2.24) is 9.80 Å². The molecule has 0 fully saturated rings. The van der Waals surface area contributed by atoms with Crippen LogP contribution in [0.2, 0.25) is 0 Å². The summed E-state index contributed by atoms with van der Waals surface area (Å²) in [4.78, 5) is 17.6. The molecule has 0 bridgehead atoms. The van der Waals surface area contributed by atoms with Crippen molar-refractivity contribution in [3.63, 3.8) is 0 Å². The first-order valence-electron chi connectivity index (χ1n) is 15.5. The predicted octanol–water partition coefficient (Wildman–Crippen LogP) is 5.64. The van der Waals surface area contributed by atoms with E-state index < -0.39 is 22.2 Å². The fraction of sp³-hybridized carbons (Fsp3) is 0.306. The molecule has 0 spiro atoms. The van der Waals surface area contributed by atoms with Crippen LogP contribution in [0.15, 0.2) is 102 Å². The molecule has 10 nitrogen and oxygen atoms in total. The van der Waals surface area contributed by atoms with Gasteiger partial charge in [0.1, 0.15) is 23.4 Å². The third-order valence-corrected chi connectivity index (χ3v) is 9.53. The van der Waals surface area contributed by atoms with Crippen LogP contribution in [0, 0.1) is 5.92 Å². The average Bonchev–Trinajstić information content (AvgIpc) is 3.07. The number of nitrogens with one attached hydrogen (secondary N) is 1. The Balaban J connectivity index is 1.39. The largest absolute Gasteiger partial charge is 0.497 e. The maximum absolute atomic E-state index is 13.8. The molecule has 5 rings (SSSR count). The Bertz CT molecular complexity index is 1750. The fourth-order valence-corrected chi connectivity index (χ4v) is 6.53. The Hall–Kier alpha value is -4.58. The van der Waals surface area contributed by atoms with Gasteiger partial charge in [0.15, 0.2) is 5.75 Å². The molecule has 0 aliphatic carbocycles. The summed E-state index contributed by atoms with van der Waals surface area (Å²) >= 11 is 0. The van der Waals surface area contributed by atoms with Gasteiger partial charge in [-0.15, -0.1) is 0 Å². The lowest BCUT2D eigenvalue weighted by atomic mass is 9.99. The number of carbonyl (C=O) groups excluding carboxylic acids is 1. The van der Waals surface area contributed by atoms with Crippen LogP contribution in [-0.2, 0) is 16.6 Å². The number of fused-ring (bicyclic) bond motifs is 1. The van der Waals surface area contributed by atoms with Gasteiger partial charge < -0.3 is 24.2 Å². The van der Waals surface area contributed by atoms with E-state index >= 15 is 0 Å². The molecular weight excluding hydrogens is 618 g/mol. The van der Waals surface area contributed by atoms with E-state index in [9.17, 15) is 18.3 Å². The summed E-state index contributed by atoms with van der Waals surface area (Å²) in [5, 5.41) is 10.0. The summed E-state index contributed by atoms with van der Waals surface area (Å²) in [5.41, 5.74) is 1.44. The zero-order chi connectivity index (χ0) is 33.6. The second kappa shape index (κ2) is 14.9. The fourth-order valence-electron chi connectivity index (χ4n) is 5.47. The van der Waals surface area contributed by atoms with Gasteiger partial charge in [-0.3, -0.25) is 14.4 Å². The number of rotatable bonds is 12.